The maximum Gasteiger partial charge on any atom is 0.311 e. The van der Waals surface area contributed by atoms with Crippen molar-refractivity contribution in [2.45, 2.75) is 59.0 Å². The van der Waals surface area contributed by atoms with Crippen LogP contribution in [0.2, 0.25) is 0 Å². The van der Waals surface area contributed by atoms with Crippen molar-refractivity contribution in [3.8, 4) is 17.2 Å². The van der Waals surface area contributed by atoms with Crippen molar-refractivity contribution in [1.82, 2.24) is 5.32 Å². The highest BCUT2D eigenvalue weighted by Gasteiger charge is 2.36. The van der Waals surface area contributed by atoms with E-state index in [-0.39, 0.29) is 24.7 Å². The van der Waals surface area contributed by atoms with Gasteiger partial charge in [0.15, 0.2) is 0 Å². The standard InChI is InChI=1S/C28H28BrNO8S/c1-14-15(2)25-18(16(3)24(14)37-23(33)8-7-22(31)32)9-10-28(4,38-25)13-36-20-6-5-17(11-19(20)29)12-21-26(34)30-27(35)39-21/h5-6,11-12H,7-10,13H2,1-4H3,(H,31,32)(H,30,34,35)/b21-12-. The Morgan fingerprint density at radius 1 is 1.18 bits per heavy atom. The Morgan fingerprint density at radius 3 is 2.56 bits per heavy atom. The Labute approximate surface area is 238 Å². The van der Waals surface area contributed by atoms with Gasteiger partial charge in [0.1, 0.15) is 29.5 Å². The Balaban J connectivity index is 1.47. The van der Waals surface area contributed by atoms with Crippen molar-refractivity contribution in [1.29, 1.82) is 0 Å². The number of rotatable bonds is 8. The lowest BCUT2D eigenvalue weighted by Gasteiger charge is -2.38. The predicted octanol–water partition coefficient (Wildman–Crippen LogP) is 5.63. The number of aliphatic carboxylic acids is 1. The average Bonchev–Trinajstić information content (AvgIpc) is 3.19. The van der Waals surface area contributed by atoms with Crippen LogP contribution in [0.25, 0.3) is 6.08 Å². The molecule has 0 spiro atoms. The first-order chi connectivity index (χ1) is 18.4. The quantitative estimate of drug-likeness (QED) is 0.220. The van der Waals surface area contributed by atoms with Crippen molar-refractivity contribution in [3.63, 3.8) is 0 Å². The number of ether oxygens (including phenoxy) is 3. The number of fused-ring (bicyclic) bond motifs is 1. The van der Waals surface area contributed by atoms with E-state index >= 15 is 0 Å². The number of halogens is 1. The van der Waals surface area contributed by atoms with Crippen molar-refractivity contribution < 1.29 is 38.5 Å². The molecule has 4 rings (SSSR count). The molecule has 2 N–H and O–H groups in total. The van der Waals surface area contributed by atoms with Crippen LogP contribution in [-0.4, -0.2) is 40.4 Å². The minimum absolute atomic E-state index is 0.196. The summed E-state index contributed by atoms with van der Waals surface area (Å²) >= 11 is 4.39. The van der Waals surface area contributed by atoms with Gasteiger partial charge in [0.25, 0.3) is 11.1 Å². The second-order valence-electron chi connectivity index (χ2n) is 9.76. The average molecular weight is 619 g/mol. The van der Waals surface area contributed by atoms with Crippen LogP contribution in [-0.2, 0) is 20.8 Å². The summed E-state index contributed by atoms with van der Waals surface area (Å²) in [6.45, 7) is 7.91. The minimum Gasteiger partial charge on any atom is -0.488 e. The van der Waals surface area contributed by atoms with E-state index in [1.807, 2.05) is 33.8 Å². The molecule has 0 saturated carbocycles. The highest BCUT2D eigenvalue weighted by atomic mass is 79.9. The number of carboxylic acid groups (broad SMARTS) is 1. The lowest BCUT2D eigenvalue weighted by Crippen LogP contribution is -2.42. The summed E-state index contributed by atoms with van der Waals surface area (Å²) in [5, 5.41) is 10.7. The molecule has 11 heteroatoms. The number of hydrogen-bond donors (Lipinski definition) is 2. The van der Waals surface area contributed by atoms with Crippen molar-refractivity contribution >= 4 is 56.9 Å². The molecule has 2 aromatic carbocycles. The molecule has 1 atom stereocenters. The molecule has 0 radical (unpaired) electrons. The summed E-state index contributed by atoms with van der Waals surface area (Å²) in [6, 6.07) is 5.41. The summed E-state index contributed by atoms with van der Waals surface area (Å²) in [7, 11) is 0. The van der Waals surface area contributed by atoms with Crippen LogP contribution < -0.4 is 19.5 Å². The molecular weight excluding hydrogens is 590 g/mol. The summed E-state index contributed by atoms with van der Waals surface area (Å²) < 4.78 is 18.9. The number of esters is 1. The summed E-state index contributed by atoms with van der Waals surface area (Å²) in [6.07, 6.45) is 2.52. The molecule has 2 aliphatic rings. The third-order valence-electron chi connectivity index (χ3n) is 6.75. The molecule has 0 aliphatic carbocycles. The lowest BCUT2D eigenvalue weighted by atomic mass is 9.87. The van der Waals surface area contributed by atoms with Crippen LogP contribution in [0.5, 0.6) is 17.2 Å². The van der Waals surface area contributed by atoms with Gasteiger partial charge in [-0.15, -0.1) is 0 Å². The number of benzene rings is 2. The Kier molecular flexibility index (Phi) is 8.41. The minimum atomic E-state index is -1.05. The van der Waals surface area contributed by atoms with Crippen LogP contribution >= 0.6 is 27.7 Å². The number of imide groups is 1. The number of amides is 2. The molecule has 2 aliphatic heterocycles. The number of carbonyl (C=O) groups is 4. The monoisotopic (exact) mass is 617 g/mol. The van der Waals surface area contributed by atoms with E-state index in [2.05, 4.69) is 21.2 Å². The Bertz CT molecular complexity index is 1420. The zero-order valence-electron chi connectivity index (χ0n) is 21.9. The van der Waals surface area contributed by atoms with Crippen molar-refractivity contribution in [3.05, 3.63) is 55.4 Å². The van der Waals surface area contributed by atoms with Gasteiger partial charge in [0, 0.05) is 5.56 Å². The third-order valence-corrected chi connectivity index (χ3v) is 8.18. The number of hydrogen-bond acceptors (Lipinski definition) is 8. The molecule has 1 saturated heterocycles. The van der Waals surface area contributed by atoms with Crippen molar-refractivity contribution in [2.24, 2.45) is 0 Å². The van der Waals surface area contributed by atoms with Gasteiger partial charge in [-0.1, -0.05) is 6.07 Å². The molecule has 2 heterocycles. The van der Waals surface area contributed by atoms with Crippen molar-refractivity contribution in [2.75, 3.05) is 6.61 Å². The number of nitrogens with one attached hydrogen (secondary N) is 1. The molecule has 1 fully saturated rings. The molecule has 2 amide bonds. The fraction of sp³-hybridized carbons (Fsp3) is 0.357. The van der Waals surface area contributed by atoms with Gasteiger partial charge in [-0.2, -0.15) is 0 Å². The van der Waals surface area contributed by atoms with Crippen LogP contribution in [0.3, 0.4) is 0 Å². The van der Waals surface area contributed by atoms with Gasteiger partial charge < -0.3 is 19.3 Å². The number of thioether (sulfide) groups is 1. The third kappa shape index (κ3) is 6.47. The van der Waals surface area contributed by atoms with Crippen LogP contribution in [0.15, 0.2) is 27.6 Å². The molecule has 206 valence electrons. The van der Waals surface area contributed by atoms with E-state index in [1.54, 1.807) is 18.2 Å². The summed E-state index contributed by atoms with van der Waals surface area (Å²) in [5.74, 6) is -0.220. The fourth-order valence-corrected chi connectivity index (χ4v) is 5.63. The predicted molar refractivity (Wildman–Crippen MR) is 149 cm³/mol. The second-order valence-corrected chi connectivity index (χ2v) is 11.6. The molecule has 0 aromatic heterocycles. The first-order valence-corrected chi connectivity index (χ1v) is 13.9. The van der Waals surface area contributed by atoms with Gasteiger partial charge in [0.2, 0.25) is 0 Å². The Morgan fingerprint density at radius 2 is 1.92 bits per heavy atom. The second kappa shape index (κ2) is 11.4. The summed E-state index contributed by atoms with van der Waals surface area (Å²) in [5.41, 5.74) is 3.52. The summed E-state index contributed by atoms with van der Waals surface area (Å²) in [4.78, 5) is 46.5. The zero-order valence-corrected chi connectivity index (χ0v) is 24.3. The van der Waals surface area contributed by atoms with Gasteiger partial charge in [-0.25, -0.2) is 0 Å². The molecule has 39 heavy (non-hydrogen) atoms. The highest BCUT2D eigenvalue weighted by Crippen LogP contribution is 2.44. The molecule has 0 bridgehead atoms. The SMILES string of the molecule is Cc1c(C)c2c(c(C)c1OC(=O)CCC(=O)O)CCC(C)(COc1ccc(/C=C3\SC(=O)NC3=O)cc1Br)O2. The van der Waals surface area contributed by atoms with Gasteiger partial charge in [-0.05, 0) is 109 Å². The van der Waals surface area contributed by atoms with E-state index in [4.69, 9.17) is 19.3 Å². The Hall–Kier alpha value is -3.31. The van der Waals surface area contributed by atoms with E-state index in [1.165, 1.54) is 0 Å². The van der Waals surface area contributed by atoms with Crippen LogP contribution in [0.4, 0.5) is 4.79 Å². The maximum atomic E-state index is 12.2. The number of carbonyl (C=O) groups excluding carboxylic acids is 3. The maximum absolute atomic E-state index is 12.2. The first kappa shape index (κ1) is 28.7. The van der Waals surface area contributed by atoms with E-state index < -0.39 is 23.4 Å². The van der Waals surface area contributed by atoms with Crippen LogP contribution in [0, 0.1) is 20.8 Å². The fourth-order valence-electron chi connectivity index (χ4n) is 4.44. The molecule has 2 aromatic rings. The largest absolute Gasteiger partial charge is 0.488 e. The topological polar surface area (TPSA) is 128 Å². The van der Waals surface area contributed by atoms with E-state index in [0.29, 0.717) is 33.7 Å². The molecular formula is C28H28BrNO8S. The molecule has 9 nitrogen and oxygen atoms in total. The van der Waals surface area contributed by atoms with E-state index in [9.17, 15) is 19.2 Å². The van der Waals surface area contributed by atoms with Crippen LogP contribution in [0.1, 0.15) is 54.0 Å². The molecule has 1 unspecified atom stereocenters. The zero-order chi connectivity index (χ0) is 28.5. The van der Waals surface area contributed by atoms with Gasteiger partial charge >= 0.3 is 11.9 Å². The van der Waals surface area contributed by atoms with Gasteiger partial charge in [-0.3, -0.25) is 24.5 Å². The van der Waals surface area contributed by atoms with E-state index in [0.717, 1.165) is 45.3 Å². The smallest absolute Gasteiger partial charge is 0.311 e. The number of carboxylic acids is 1. The normalized spacial score (nSPS) is 19.4. The first-order valence-electron chi connectivity index (χ1n) is 12.3. The van der Waals surface area contributed by atoms with Gasteiger partial charge in [0.05, 0.1) is 22.2 Å². The lowest BCUT2D eigenvalue weighted by molar-refractivity contribution is -0.142. The highest BCUT2D eigenvalue weighted by molar-refractivity contribution is 9.10.